The van der Waals surface area contributed by atoms with Gasteiger partial charge in [-0.1, -0.05) is 49.7 Å². The number of nitrogens with one attached hydrogen (secondary N) is 1. The molecule has 0 bridgehead atoms. The number of carbonyl (C=O) groups is 2. The molecule has 1 atom stereocenters. The molecule has 8 heteroatoms. The van der Waals surface area contributed by atoms with Gasteiger partial charge in [0, 0.05) is 12.8 Å². The van der Waals surface area contributed by atoms with Gasteiger partial charge < -0.3 is 23.9 Å². The number of benzene rings is 2. The number of fused-ring (bicyclic) bond motifs is 1. The van der Waals surface area contributed by atoms with Gasteiger partial charge in [-0.05, 0) is 50.5 Å². The van der Waals surface area contributed by atoms with Crippen molar-refractivity contribution in [2.45, 2.75) is 71.5 Å². The monoisotopic (exact) mass is 506 g/mol. The molecule has 0 radical (unpaired) electrons. The first-order valence-corrected chi connectivity index (χ1v) is 12.6. The van der Waals surface area contributed by atoms with Crippen LogP contribution in [0.1, 0.15) is 79.6 Å². The SMILES string of the molecule is CCCCc1nc(CC(C(=O)OCc2ccccc2)c2ccc3c(c2)OCO3)c(C(=O)OC(C)(C)C)[nH]1. The van der Waals surface area contributed by atoms with E-state index in [0.717, 1.165) is 18.4 Å². The summed E-state index contributed by atoms with van der Waals surface area (Å²) in [6, 6.07) is 14.9. The van der Waals surface area contributed by atoms with Gasteiger partial charge in [0.05, 0.1) is 11.6 Å². The lowest BCUT2D eigenvalue weighted by atomic mass is 9.93. The van der Waals surface area contributed by atoms with Crippen LogP contribution in [-0.4, -0.2) is 34.3 Å². The molecule has 37 heavy (non-hydrogen) atoms. The van der Waals surface area contributed by atoms with Crippen molar-refractivity contribution in [1.29, 1.82) is 0 Å². The van der Waals surface area contributed by atoms with Gasteiger partial charge >= 0.3 is 11.9 Å². The highest BCUT2D eigenvalue weighted by molar-refractivity contribution is 5.89. The van der Waals surface area contributed by atoms with Crippen molar-refractivity contribution in [2.75, 3.05) is 6.79 Å². The highest BCUT2D eigenvalue weighted by Gasteiger charge is 2.30. The van der Waals surface area contributed by atoms with Gasteiger partial charge in [-0.2, -0.15) is 0 Å². The third-order valence-electron chi connectivity index (χ3n) is 5.90. The molecule has 1 N–H and O–H groups in total. The molecule has 3 aromatic rings. The van der Waals surface area contributed by atoms with Gasteiger partial charge in [0.25, 0.3) is 0 Å². The number of imidazole rings is 1. The van der Waals surface area contributed by atoms with E-state index in [1.54, 1.807) is 12.1 Å². The number of aryl methyl sites for hydroxylation is 1. The van der Waals surface area contributed by atoms with Crippen molar-refractivity contribution in [3.63, 3.8) is 0 Å². The Bertz CT molecular complexity index is 1230. The fourth-order valence-electron chi connectivity index (χ4n) is 4.06. The molecule has 0 amide bonds. The molecule has 0 spiro atoms. The lowest BCUT2D eigenvalue weighted by Crippen LogP contribution is -2.25. The highest BCUT2D eigenvalue weighted by Crippen LogP contribution is 2.36. The Morgan fingerprint density at radius 2 is 1.84 bits per heavy atom. The molecule has 0 fully saturated rings. The van der Waals surface area contributed by atoms with E-state index in [-0.39, 0.29) is 25.5 Å². The van der Waals surface area contributed by atoms with Crippen molar-refractivity contribution in [3.05, 3.63) is 76.9 Å². The number of unbranched alkanes of at least 4 members (excludes halogenated alkanes) is 1. The number of H-pyrrole nitrogens is 1. The van der Waals surface area contributed by atoms with E-state index in [0.29, 0.717) is 35.0 Å². The van der Waals surface area contributed by atoms with E-state index in [2.05, 4.69) is 11.9 Å². The van der Waals surface area contributed by atoms with Crippen LogP contribution in [0.15, 0.2) is 48.5 Å². The summed E-state index contributed by atoms with van der Waals surface area (Å²) in [6.45, 7) is 7.81. The van der Waals surface area contributed by atoms with E-state index in [1.165, 1.54) is 0 Å². The van der Waals surface area contributed by atoms with Gasteiger partial charge in [0.2, 0.25) is 6.79 Å². The number of hydrogen-bond acceptors (Lipinski definition) is 7. The van der Waals surface area contributed by atoms with Gasteiger partial charge in [-0.3, -0.25) is 4.79 Å². The molecule has 4 rings (SSSR count). The summed E-state index contributed by atoms with van der Waals surface area (Å²) < 4.78 is 22.3. The number of ether oxygens (including phenoxy) is 4. The summed E-state index contributed by atoms with van der Waals surface area (Å²) in [5.41, 5.74) is 1.64. The van der Waals surface area contributed by atoms with Gasteiger partial charge in [-0.15, -0.1) is 0 Å². The maximum atomic E-state index is 13.5. The summed E-state index contributed by atoms with van der Waals surface area (Å²) in [4.78, 5) is 34.4. The van der Waals surface area contributed by atoms with Gasteiger partial charge in [0.1, 0.15) is 23.7 Å². The van der Waals surface area contributed by atoms with Crippen molar-refractivity contribution >= 4 is 11.9 Å². The minimum absolute atomic E-state index is 0.130. The number of aromatic amines is 1. The molecule has 1 aromatic heterocycles. The summed E-state index contributed by atoms with van der Waals surface area (Å²) >= 11 is 0. The molecule has 1 aliphatic rings. The highest BCUT2D eigenvalue weighted by atomic mass is 16.7. The smallest absolute Gasteiger partial charge is 0.357 e. The molecular formula is C29H34N2O6. The van der Waals surface area contributed by atoms with Crippen LogP contribution in [0.3, 0.4) is 0 Å². The third kappa shape index (κ3) is 6.90. The maximum Gasteiger partial charge on any atom is 0.357 e. The van der Waals surface area contributed by atoms with Gasteiger partial charge in [0.15, 0.2) is 11.5 Å². The minimum atomic E-state index is -0.721. The Kier molecular flexibility index (Phi) is 8.16. The first-order valence-electron chi connectivity index (χ1n) is 12.6. The zero-order valence-electron chi connectivity index (χ0n) is 21.8. The molecule has 0 saturated heterocycles. The van der Waals surface area contributed by atoms with E-state index in [9.17, 15) is 9.59 Å². The first-order chi connectivity index (χ1) is 17.7. The van der Waals surface area contributed by atoms with E-state index < -0.39 is 23.5 Å². The minimum Gasteiger partial charge on any atom is -0.460 e. The molecular weight excluding hydrogens is 472 g/mol. The predicted octanol–water partition coefficient (Wildman–Crippen LogP) is 5.51. The molecule has 196 valence electrons. The van der Waals surface area contributed by atoms with E-state index in [1.807, 2.05) is 57.2 Å². The normalized spacial score (nSPS) is 13.3. The second-order valence-electron chi connectivity index (χ2n) is 10.1. The summed E-state index contributed by atoms with van der Waals surface area (Å²) in [5.74, 6) is 0.241. The topological polar surface area (TPSA) is 99.7 Å². The standard InChI is InChI=1S/C29H34N2O6/c1-5-6-12-25-30-22(26(31-25)28(33)37-29(2,3)4)16-21(20-13-14-23-24(15-20)36-18-35-23)27(32)34-17-19-10-8-7-9-11-19/h7-11,13-15,21H,5-6,12,16-18H2,1-4H3,(H,30,31). The zero-order chi connectivity index (χ0) is 26.4. The van der Waals surface area contributed by atoms with E-state index >= 15 is 0 Å². The lowest BCUT2D eigenvalue weighted by molar-refractivity contribution is -0.146. The second-order valence-corrected chi connectivity index (χ2v) is 10.1. The van der Waals surface area contributed by atoms with Crippen molar-refractivity contribution in [1.82, 2.24) is 9.97 Å². The van der Waals surface area contributed by atoms with Crippen molar-refractivity contribution in [2.24, 2.45) is 0 Å². The van der Waals surface area contributed by atoms with E-state index in [4.69, 9.17) is 23.9 Å². The van der Waals surface area contributed by atoms with Crippen LogP contribution in [0.25, 0.3) is 0 Å². The van der Waals surface area contributed by atoms with Crippen LogP contribution < -0.4 is 9.47 Å². The number of hydrogen-bond donors (Lipinski definition) is 1. The molecule has 2 aromatic carbocycles. The number of esters is 2. The largest absolute Gasteiger partial charge is 0.460 e. The number of rotatable bonds is 10. The molecule has 1 aliphatic heterocycles. The fraction of sp³-hybridized carbons (Fsp3) is 0.414. The summed E-state index contributed by atoms with van der Waals surface area (Å²) in [5, 5.41) is 0. The Balaban J connectivity index is 1.65. The Labute approximate surface area is 217 Å². The van der Waals surface area contributed by atoms with Crippen LogP contribution in [0.4, 0.5) is 0 Å². The Hall–Kier alpha value is -3.81. The fourth-order valence-corrected chi connectivity index (χ4v) is 4.06. The van der Waals surface area contributed by atoms with Gasteiger partial charge in [-0.25, -0.2) is 9.78 Å². The predicted molar refractivity (Wildman–Crippen MR) is 138 cm³/mol. The molecule has 1 unspecified atom stereocenters. The summed E-state index contributed by atoms with van der Waals surface area (Å²) in [6.07, 6.45) is 2.76. The van der Waals surface area contributed by atoms with Crippen molar-refractivity contribution < 1.29 is 28.5 Å². The molecule has 0 saturated carbocycles. The Morgan fingerprint density at radius 1 is 1.08 bits per heavy atom. The van der Waals surface area contributed by atoms with Crippen molar-refractivity contribution in [3.8, 4) is 11.5 Å². The first kappa shape index (κ1) is 26.3. The average molecular weight is 507 g/mol. The zero-order valence-corrected chi connectivity index (χ0v) is 21.8. The second kappa shape index (κ2) is 11.5. The molecule has 8 nitrogen and oxygen atoms in total. The average Bonchev–Trinajstić information content (AvgIpc) is 3.50. The molecule has 2 heterocycles. The van der Waals surface area contributed by atoms with Crippen LogP contribution in [-0.2, 0) is 33.7 Å². The third-order valence-corrected chi connectivity index (χ3v) is 5.90. The number of nitrogens with zero attached hydrogens (tertiary/aromatic N) is 1. The maximum absolute atomic E-state index is 13.5. The summed E-state index contributed by atoms with van der Waals surface area (Å²) in [7, 11) is 0. The number of carbonyl (C=O) groups excluding carboxylic acids is 2. The van der Waals surface area contributed by atoms with Crippen LogP contribution >= 0.6 is 0 Å². The number of aromatic nitrogens is 2. The van der Waals surface area contributed by atoms with Crippen LogP contribution in [0, 0.1) is 0 Å². The lowest BCUT2D eigenvalue weighted by Gasteiger charge is -2.20. The van der Waals surface area contributed by atoms with Crippen LogP contribution in [0.2, 0.25) is 0 Å². The Morgan fingerprint density at radius 3 is 2.57 bits per heavy atom. The quantitative estimate of drug-likeness (QED) is 0.362. The molecule has 0 aliphatic carbocycles. The van der Waals surface area contributed by atoms with Crippen LogP contribution in [0.5, 0.6) is 11.5 Å².